The first-order valence-electron chi connectivity index (χ1n) is 7.75. The molecule has 0 aromatic heterocycles. The molecule has 4 N–H and O–H groups in total. The van der Waals surface area contributed by atoms with E-state index in [4.69, 9.17) is 10.8 Å². The Morgan fingerprint density at radius 2 is 1.90 bits per heavy atom. The lowest BCUT2D eigenvalue weighted by Crippen LogP contribution is -2.47. The van der Waals surface area contributed by atoms with Gasteiger partial charge in [-0.3, -0.25) is 5.43 Å². The smallest absolute Gasteiger partial charge is 0.206 e. The zero-order valence-electron chi connectivity index (χ0n) is 11.9. The third kappa shape index (κ3) is 2.96. The molecule has 0 bridgehead atoms. The summed E-state index contributed by atoms with van der Waals surface area (Å²) in [6.07, 6.45) is 8.62. The van der Waals surface area contributed by atoms with Crippen molar-refractivity contribution in [2.75, 3.05) is 0 Å². The highest BCUT2D eigenvalue weighted by atomic mass is 15.3. The zero-order valence-corrected chi connectivity index (χ0v) is 11.9. The molecule has 0 saturated heterocycles. The van der Waals surface area contributed by atoms with Crippen LogP contribution in [0, 0.1) is 0 Å². The van der Waals surface area contributed by atoms with Gasteiger partial charge in [0.1, 0.15) is 0 Å². The van der Waals surface area contributed by atoms with E-state index in [1.807, 2.05) is 0 Å². The Hall–Kier alpha value is -1.55. The number of hydrogen-bond acceptors (Lipinski definition) is 2. The van der Waals surface area contributed by atoms with Crippen molar-refractivity contribution in [1.82, 2.24) is 10.7 Å². The summed E-state index contributed by atoms with van der Waals surface area (Å²) < 4.78 is 0. The van der Waals surface area contributed by atoms with Crippen LogP contribution in [0.3, 0.4) is 0 Å². The highest BCUT2D eigenvalue weighted by Gasteiger charge is 2.22. The van der Waals surface area contributed by atoms with Crippen molar-refractivity contribution < 1.29 is 0 Å². The van der Waals surface area contributed by atoms with E-state index in [0.717, 1.165) is 18.8 Å². The second-order valence-corrected chi connectivity index (χ2v) is 5.85. The van der Waals surface area contributed by atoms with E-state index in [-0.39, 0.29) is 6.04 Å². The minimum atomic E-state index is 0.244. The molecule has 2 aliphatic rings. The van der Waals surface area contributed by atoms with Crippen LogP contribution in [0.4, 0.5) is 0 Å². The number of guanidine groups is 1. The lowest BCUT2D eigenvalue weighted by atomic mass is 9.96. The normalized spacial score (nSPS) is 23.4. The molecule has 20 heavy (non-hydrogen) atoms. The first kappa shape index (κ1) is 13.4. The van der Waals surface area contributed by atoms with Gasteiger partial charge in [-0.2, -0.15) is 0 Å². The number of nitrogens with zero attached hydrogens (tertiary/aromatic N) is 1. The third-order valence-corrected chi connectivity index (χ3v) is 4.47. The maximum Gasteiger partial charge on any atom is 0.206 e. The second-order valence-electron chi connectivity index (χ2n) is 5.85. The third-order valence-electron chi connectivity index (χ3n) is 4.47. The molecule has 1 saturated carbocycles. The van der Waals surface area contributed by atoms with E-state index < -0.39 is 0 Å². The molecule has 1 atom stereocenters. The van der Waals surface area contributed by atoms with E-state index in [0.29, 0.717) is 6.04 Å². The molecule has 0 aliphatic heterocycles. The van der Waals surface area contributed by atoms with Gasteiger partial charge in [0.05, 0.1) is 6.04 Å². The first-order chi connectivity index (χ1) is 9.86. The average molecular weight is 272 g/mol. The van der Waals surface area contributed by atoms with Crippen LogP contribution in [0.5, 0.6) is 0 Å². The number of hydrogen-bond donors (Lipinski definition) is 3. The summed E-state index contributed by atoms with van der Waals surface area (Å²) in [4.78, 5) is 4.80. The van der Waals surface area contributed by atoms with Gasteiger partial charge in [-0.15, -0.1) is 0 Å². The van der Waals surface area contributed by atoms with Gasteiger partial charge >= 0.3 is 0 Å². The monoisotopic (exact) mass is 272 g/mol. The number of nitrogens with two attached hydrogens (primary N) is 1. The number of rotatable bonds is 2. The van der Waals surface area contributed by atoms with Gasteiger partial charge in [-0.1, -0.05) is 43.5 Å². The summed E-state index contributed by atoms with van der Waals surface area (Å²) >= 11 is 0. The van der Waals surface area contributed by atoms with Crippen LogP contribution < -0.4 is 16.6 Å². The van der Waals surface area contributed by atoms with E-state index in [1.165, 1.54) is 43.2 Å². The number of nitrogens with one attached hydrogen (secondary N) is 2. The summed E-state index contributed by atoms with van der Waals surface area (Å²) in [6, 6.07) is 9.35. The number of hydrazine groups is 1. The molecule has 4 heteroatoms. The fourth-order valence-corrected chi connectivity index (χ4v) is 3.38. The summed E-state index contributed by atoms with van der Waals surface area (Å²) in [6.45, 7) is 0. The first-order valence-corrected chi connectivity index (χ1v) is 7.75. The molecule has 1 unspecified atom stereocenters. The predicted molar refractivity (Wildman–Crippen MR) is 82.3 cm³/mol. The highest BCUT2D eigenvalue weighted by Crippen LogP contribution is 2.33. The molecule has 2 aliphatic carbocycles. The fraction of sp³-hybridized carbons (Fsp3) is 0.562. The fourth-order valence-electron chi connectivity index (χ4n) is 3.38. The Morgan fingerprint density at radius 1 is 1.10 bits per heavy atom. The van der Waals surface area contributed by atoms with Gasteiger partial charge in [-0.25, -0.2) is 10.8 Å². The van der Waals surface area contributed by atoms with Crippen LogP contribution in [0.2, 0.25) is 0 Å². The van der Waals surface area contributed by atoms with Gasteiger partial charge in [0.25, 0.3) is 0 Å². The molecule has 4 nitrogen and oxygen atoms in total. The maximum atomic E-state index is 5.64. The average Bonchev–Trinajstić information content (AvgIpc) is 2.91. The lowest BCUT2D eigenvalue weighted by molar-refractivity contribution is 0.409. The molecule has 3 rings (SSSR count). The second kappa shape index (κ2) is 6.27. The van der Waals surface area contributed by atoms with Gasteiger partial charge in [0.2, 0.25) is 5.96 Å². The molecule has 0 heterocycles. The lowest BCUT2D eigenvalue weighted by Gasteiger charge is -2.24. The molecule has 0 amide bonds. The highest BCUT2D eigenvalue weighted by molar-refractivity contribution is 5.79. The van der Waals surface area contributed by atoms with Gasteiger partial charge in [-0.05, 0) is 36.8 Å². The van der Waals surface area contributed by atoms with E-state index in [1.54, 1.807) is 0 Å². The summed E-state index contributed by atoms with van der Waals surface area (Å²) in [7, 11) is 0. The Labute approximate surface area is 120 Å². The van der Waals surface area contributed by atoms with E-state index >= 15 is 0 Å². The molecule has 1 aromatic rings. The van der Waals surface area contributed by atoms with E-state index in [9.17, 15) is 0 Å². The van der Waals surface area contributed by atoms with Crippen LogP contribution in [-0.2, 0) is 6.42 Å². The SMILES string of the molecule is NNC(=NC1CCc2ccccc21)NC1CCCCC1. The van der Waals surface area contributed by atoms with Gasteiger partial charge in [0.15, 0.2) is 0 Å². The summed E-state index contributed by atoms with van der Waals surface area (Å²) in [5.41, 5.74) is 5.52. The van der Waals surface area contributed by atoms with Crippen molar-refractivity contribution in [3.63, 3.8) is 0 Å². The standard InChI is InChI=1S/C16H24N4/c17-20-16(18-13-7-2-1-3-8-13)19-15-11-10-12-6-4-5-9-14(12)15/h4-6,9,13,15H,1-3,7-8,10-11,17H2,(H2,18,19,20). The maximum absolute atomic E-state index is 5.64. The predicted octanol–water partition coefficient (Wildman–Crippen LogP) is 2.42. The Bertz CT molecular complexity index is 477. The minimum Gasteiger partial charge on any atom is -0.353 e. The topological polar surface area (TPSA) is 62.4 Å². The minimum absolute atomic E-state index is 0.244. The summed E-state index contributed by atoms with van der Waals surface area (Å²) in [5.74, 6) is 6.39. The molecule has 108 valence electrons. The molecule has 1 aromatic carbocycles. The molecule has 0 spiro atoms. The van der Waals surface area contributed by atoms with Crippen LogP contribution in [0.1, 0.15) is 55.7 Å². The Morgan fingerprint density at radius 3 is 2.70 bits per heavy atom. The van der Waals surface area contributed by atoms with Crippen molar-refractivity contribution in [3.05, 3.63) is 35.4 Å². The van der Waals surface area contributed by atoms with Gasteiger partial charge in [0, 0.05) is 6.04 Å². The molecule has 0 radical (unpaired) electrons. The zero-order chi connectivity index (χ0) is 13.8. The van der Waals surface area contributed by atoms with Crippen LogP contribution in [-0.4, -0.2) is 12.0 Å². The quantitative estimate of drug-likeness (QED) is 0.335. The van der Waals surface area contributed by atoms with Crippen LogP contribution in [0.25, 0.3) is 0 Å². The number of benzene rings is 1. The number of fused-ring (bicyclic) bond motifs is 1. The van der Waals surface area contributed by atoms with Crippen molar-refractivity contribution in [3.8, 4) is 0 Å². The molecule has 1 fully saturated rings. The van der Waals surface area contributed by atoms with Crippen LogP contribution in [0.15, 0.2) is 29.3 Å². The molecular formula is C16H24N4. The number of aryl methyl sites for hydroxylation is 1. The number of aliphatic imine (C=N–C) groups is 1. The van der Waals surface area contributed by atoms with E-state index in [2.05, 4.69) is 35.0 Å². The van der Waals surface area contributed by atoms with Gasteiger partial charge < -0.3 is 5.32 Å². The van der Waals surface area contributed by atoms with Crippen molar-refractivity contribution in [2.45, 2.75) is 57.0 Å². The molecular weight excluding hydrogens is 248 g/mol. The van der Waals surface area contributed by atoms with Crippen molar-refractivity contribution >= 4 is 5.96 Å². The van der Waals surface area contributed by atoms with Crippen molar-refractivity contribution in [1.29, 1.82) is 0 Å². The summed E-state index contributed by atoms with van der Waals surface area (Å²) in [5, 5.41) is 3.48. The largest absolute Gasteiger partial charge is 0.353 e. The van der Waals surface area contributed by atoms with Crippen LogP contribution >= 0.6 is 0 Å². The Kier molecular flexibility index (Phi) is 4.21. The Balaban J connectivity index is 1.69. The van der Waals surface area contributed by atoms with Crippen molar-refractivity contribution in [2.24, 2.45) is 10.8 Å².